The van der Waals surface area contributed by atoms with Crippen molar-refractivity contribution in [3.8, 4) is 5.75 Å². The second-order valence-electron chi connectivity index (χ2n) is 4.55. The van der Waals surface area contributed by atoms with E-state index < -0.39 is 0 Å². The molecule has 1 heterocycles. The van der Waals surface area contributed by atoms with E-state index in [-0.39, 0.29) is 0 Å². The van der Waals surface area contributed by atoms with Gasteiger partial charge in [0.1, 0.15) is 17.1 Å². The highest BCUT2D eigenvalue weighted by molar-refractivity contribution is 5.79. The highest BCUT2D eigenvalue weighted by Gasteiger charge is 2.07. The molecule has 0 bridgehead atoms. The van der Waals surface area contributed by atoms with Crippen molar-refractivity contribution < 1.29 is 9.15 Å². The molecule has 0 atom stereocenters. The third-order valence-electron chi connectivity index (χ3n) is 3.22. The molecule has 2 nitrogen and oxygen atoms in total. The minimum absolute atomic E-state index is 0.867. The predicted octanol–water partition coefficient (Wildman–Crippen LogP) is 4.26. The zero-order chi connectivity index (χ0) is 12.4. The zero-order valence-electron chi connectivity index (χ0n) is 10.5. The molecule has 0 fully saturated rings. The van der Waals surface area contributed by atoms with Gasteiger partial charge < -0.3 is 9.15 Å². The highest BCUT2D eigenvalue weighted by Crippen LogP contribution is 2.26. The van der Waals surface area contributed by atoms with Gasteiger partial charge in [-0.2, -0.15) is 0 Å². The van der Waals surface area contributed by atoms with Gasteiger partial charge in [0.15, 0.2) is 0 Å². The quantitative estimate of drug-likeness (QED) is 0.799. The minimum atomic E-state index is 0.867. The standard InChI is InChI=1S/C16H16O2/c1-17-14-7-8-16-13(10-14)11-15(18-16)9-12-5-3-2-4-6-12/h3,5-8,10-11H,2,4,9H2,1H3. The van der Waals surface area contributed by atoms with Crippen LogP contribution in [0.4, 0.5) is 0 Å². The Labute approximate surface area is 107 Å². The lowest BCUT2D eigenvalue weighted by Gasteiger charge is -2.03. The number of allylic oxidation sites excluding steroid dienone is 4. The fourth-order valence-corrected chi connectivity index (χ4v) is 2.29. The Morgan fingerprint density at radius 3 is 2.94 bits per heavy atom. The van der Waals surface area contributed by atoms with E-state index in [9.17, 15) is 0 Å². The Kier molecular flexibility index (Phi) is 2.93. The first-order chi connectivity index (χ1) is 8.85. The summed E-state index contributed by atoms with van der Waals surface area (Å²) >= 11 is 0. The summed E-state index contributed by atoms with van der Waals surface area (Å²) in [6.07, 6.45) is 9.86. The smallest absolute Gasteiger partial charge is 0.134 e. The van der Waals surface area contributed by atoms with Crippen LogP contribution in [0.1, 0.15) is 18.6 Å². The van der Waals surface area contributed by atoms with Gasteiger partial charge >= 0.3 is 0 Å². The summed E-state index contributed by atoms with van der Waals surface area (Å²) in [6, 6.07) is 7.99. The molecule has 2 heteroatoms. The Morgan fingerprint density at radius 1 is 1.22 bits per heavy atom. The first-order valence-electron chi connectivity index (χ1n) is 6.27. The number of ether oxygens (including phenoxy) is 1. The lowest BCUT2D eigenvalue weighted by Crippen LogP contribution is -1.89. The maximum Gasteiger partial charge on any atom is 0.134 e. The molecule has 18 heavy (non-hydrogen) atoms. The number of methoxy groups -OCH3 is 1. The number of fused-ring (bicyclic) bond motifs is 1. The molecule has 0 N–H and O–H groups in total. The summed E-state index contributed by atoms with van der Waals surface area (Å²) < 4.78 is 11.1. The van der Waals surface area contributed by atoms with E-state index in [1.165, 1.54) is 5.57 Å². The van der Waals surface area contributed by atoms with E-state index in [4.69, 9.17) is 9.15 Å². The summed E-state index contributed by atoms with van der Waals surface area (Å²) in [4.78, 5) is 0. The minimum Gasteiger partial charge on any atom is -0.497 e. The Hall–Kier alpha value is -1.96. The average Bonchev–Trinajstić information content (AvgIpc) is 2.80. The van der Waals surface area contributed by atoms with E-state index in [1.807, 2.05) is 18.2 Å². The van der Waals surface area contributed by atoms with Crippen molar-refractivity contribution in [1.82, 2.24) is 0 Å². The van der Waals surface area contributed by atoms with E-state index in [2.05, 4.69) is 24.3 Å². The van der Waals surface area contributed by atoms with Crippen molar-refractivity contribution in [3.63, 3.8) is 0 Å². The lowest BCUT2D eigenvalue weighted by molar-refractivity contribution is 0.415. The molecule has 0 radical (unpaired) electrons. The zero-order valence-corrected chi connectivity index (χ0v) is 10.5. The van der Waals surface area contributed by atoms with Crippen molar-refractivity contribution in [2.45, 2.75) is 19.3 Å². The summed E-state index contributed by atoms with van der Waals surface area (Å²) in [6.45, 7) is 0. The molecule has 0 spiro atoms. The summed E-state index contributed by atoms with van der Waals surface area (Å²) in [5, 5.41) is 1.10. The second-order valence-corrected chi connectivity index (χ2v) is 4.55. The molecule has 1 aliphatic rings. The van der Waals surface area contributed by atoms with Crippen LogP contribution in [-0.4, -0.2) is 7.11 Å². The maximum absolute atomic E-state index is 5.84. The number of benzene rings is 1. The van der Waals surface area contributed by atoms with E-state index in [1.54, 1.807) is 7.11 Å². The van der Waals surface area contributed by atoms with Crippen molar-refractivity contribution in [2.75, 3.05) is 7.11 Å². The van der Waals surface area contributed by atoms with Gasteiger partial charge in [-0.3, -0.25) is 0 Å². The van der Waals surface area contributed by atoms with Crippen LogP contribution in [0, 0.1) is 0 Å². The third kappa shape index (κ3) is 2.19. The largest absolute Gasteiger partial charge is 0.497 e. The fraction of sp³-hybridized carbons (Fsp3) is 0.250. The maximum atomic E-state index is 5.84. The summed E-state index contributed by atoms with van der Waals surface area (Å²) in [5.41, 5.74) is 2.26. The van der Waals surface area contributed by atoms with Gasteiger partial charge in [0.2, 0.25) is 0 Å². The van der Waals surface area contributed by atoms with Gasteiger partial charge in [-0.1, -0.05) is 18.2 Å². The number of hydrogen-bond donors (Lipinski definition) is 0. The number of rotatable bonds is 3. The van der Waals surface area contributed by atoms with Gasteiger partial charge in [0.05, 0.1) is 7.11 Å². The molecule has 92 valence electrons. The van der Waals surface area contributed by atoms with Gasteiger partial charge in [-0.15, -0.1) is 0 Å². The fourth-order valence-electron chi connectivity index (χ4n) is 2.29. The lowest BCUT2D eigenvalue weighted by atomic mass is 10.0. The molecule has 0 saturated carbocycles. The average molecular weight is 240 g/mol. The molecule has 0 saturated heterocycles. The molecular weight excluding hydrogens is 224 g/mol. The van der Waals surface area contributed by atoms with Crippen LogP contribution in [0.25, 0.3) is 11.0 Å². The van der Waals surface area contributed by atoms with Crippen molar-refractivity contribution in [2.24, 2.45) is 0 Å². The molecule has 1 aromatic heterocycles. The van der Waals surface area contributed by atoms with Crippen LogP contribution >= 0.6 is 0 Å². The highest BCUT2D eigenvalue weighted by atomic mass is 16.5. The number of furan rings is 1. The first-order valence-corrected chi connectivity index (χ1v) is 6.27. The molecule has 3 rings (SSSR count). The van der Waals surface area contributed by atoms with Crippen molar-refractivity contribution in [3.05, 3.63) is 53.8 Å². The predicted molar refractivity (Wildman–Crippen MR) is 72.9 cm³/mol. The number of hydrogen-bond acceptors (Lipinski definition) is 2. The molecular formula is C16H16O2. The summed E-state index contributed by atoms with van der Waals surface area (Å²) in [5.74, 6) is 1.88. The Morgan fingerprint density at radius 2 is 2.17 bits per heavy atom. The SMILES string of the molecule is COc1ccc2oc(CC3=CCCC=C3)cc2c1. The molecule has 0 unspecified atom stereocenters. The normalized spacial score (nSPS) is 14.8. The van der Waals surface area contributed by atoms with E-state index in [0.29, 0.717) is 0 Å². The van der Waals surface area contributed by atoms with Crippen LogP contribution in [-0.2, 0) is 6.42 Å². The topological polar surface area (TPSA) is 22.4 Å². The third-order valence-corrected chi connectivity index (χ3v) is 3.22. The Bertz CT molecular complexity index is 617. The van der Waals surface area contributed by atoms with Gasteiger partial charge in [-0.25, -0.2) is 0 Å². The molecule has 0 aliphatic heterocycles. The molecule has 0 amide bonds. The summed E-state index contributed by atoms with van der Waals surface area (Å²) in [7, 11) is 1.68. The van der Waals surface area contributed by atoms with Crippen LogP contribution in [0.2, 0.25) is 0 Å². The second kappa shape index (κ2) is 4.73. The monoisotopic (exact) mass is 240 g/mol. The van der Waals surface area contributed by atoms with Gasteiger partial charge in [0, 0.05) is 11.8 Å². The van der Waals surface area contributed by atoms with Gasteiger partial charge in [-0.05, 0) is 42.7 Å². The van der Waals surface area contributed by atoms with Crippen molar-refractivity contribution in [1.29, 1.82) is 0 Å². The van der Waals surface area contributed by atoms with E-state index >= 15 is 0 Å². The van der Waals surface area contributed by atoms with Crippen LogP contribution < -0.4 is 4.74 Å². The first kappa shape index (κ1) is 11.1. The van der Waals surface area contributed by atoms with Crippen LogP contribution in [0.5, 0.6) is 5.75 Å². The molecule has 1 aliphatic carbocycles. The van der Waals surface area contributed by atoms with Crippen LogP contribution in [0.3, 0.4) is 0 Å². The molecule has 1 aromatic carbocycles. The van der Waals surface area contributed by atoms with Crippen LogP contribution in [0.15, 0.2) is 52.5 Å². The van der Waals surface area contributed by atoms with E-state index in [0.717, 1.165) is 41.7 Å². The van der Waals surface area contributed by atoms with Crippen molar-refractivity contribution >= 4 is 11.0 Å². The molecule has 2 aromatic rings. The van der Waals surface area contributed by atoms with Gasteiger partial charge in [0.25, 0.3) is 0 Å². The Balaban J connectivity index is 1.88.